The van der Waals surface area contributed by atoms with Crippen molar-refractivity contribution in [3.8, 4) is 43.4 Å². The number of anilines is 1. The average Bonchev–Trinajstić information content (AvgIpc) is 1.75. The lowest BCUT2D eigenvalue weighted by molar-refractivity contribution is -0.143. The monoisotopic (exact) mass is 1380 g/mol. The van der Waals surface area contributed by atoms with E-state index in [2.05, 4.69) is 31.9 Å². The number of carbonyl (C=O) groups is 8. The Morgan fingerprint density at radius 1 is 0.688 bits per heavy atom. The number of aliphatic hydroxyl groups excluding tert-OH is 1. The van der Waals surface area contributed by atoms with Crippen LogP contribution < -0.4 is 36.8 Å². The van der Waals surface area contributed by atoms with Gasteiger partial charge in [-0.15, -0.1) is 68.0 Å². The predicted molar refractivity (Wildman–Crippen MR) is 352 cm³/mol. The molecule has 488 valence electrons. The second-order valence-electron chi connectivity index (χ2n) is 22.3. The highest BCUT2D eigenvalue weighted by Crippen LogP contribution is 2.41. The number of fused-ring (bicyclic) bond motifs is 14. The Labute approximate surface area is 557 Å². The molecule has 10 bridgehead atoms. The molecule has 0 radical (unpaired) electrons. The summed E-state index contributed by atoms with van der Waals surface area (Å²) >= 11 is 7.10. The van der Waals surface area contributed by atoms with Crippen LogP contribution in [0.15, 0.2) is 64.0 Å². The van der Waals surface area contributed by atoms with E-state index in [1.807, 2.05) is 13.8 Å². The number of aliphatic hydroxyl groups is 1. The molecular weight excluding hydrogens is 1310 g/mol. The number of aryl methyl sites for hydroxylation is 1. The summed E-state index contributed by atoms with van der Waals surface area (Å²) in [7, 11) is 2.93. The number of amides is 7. The lowest BCUT2D eigenvalue weighted by Crippen LogP contribution is -2.47. The number of carboxylic acid groups (broad SMARTS) is 2. The highest BCUT2D eigenvalue weighted by Gasteiger charge is 2.34. The number of urea groups is 1. The van der Waals surface area contributed by atoms with E-state index >= 15 is 0 Å². The van der Waals surface area contributed by atoms with E-state index in [4.69, 9.17) is 39.6 Å². The fourth-order valence-electron chi connectivity index (χ4n) is 10.5. The van der Waals surface area contributed by atoms with Crippen LogP contribution in [0.25, 0.3) is 43.4 Å². The Bertz CT molecular complexity index is 4040. The van der Waals surface area contributed by atoms with Gasteiger partial charge in [-0.05, 0) is 69.1 Å². The van der Waals surface area contributed by atoms with E-state index in [9.17, 15) is 53.7 Å². The quantitative estimate of drug-likeness (QED) is 0.0383. The van der Waals surface area contributed by atoms with Crippen molar-refractivity contribution in [3.05, 3.63) is 111 Å². The van der Waals surface area contributed by atoms with Crippen molar-refractivity contribution < 1.29 is 58.4 Å². The van der Waals surface area contributed by atoms with Gasteiger partial charge in [0.05, 0.1) is 48.1 Å². The van der Waals surface area contributed by atoms with Crippen molar-refractivity contribution in [1.29, 1.82) is 0 Å². The van der Waals surface area contributed by atoms with Crippen LogP contribution in [-0.4, -0.2) is 131 Å². The molecule has 4 atom stereocenters. The maximum Gasteiger partial charge on any atom is 0.323 e. The van der Waals surface area contributed by atoms with Crippen LogP contribution in [0.1, 0.15) is 158 Å². The minimum absolute atomic E-state index is 0.000353. The number of methoxy groups -OCH3 is 1. The van der Waals surface area contributed by atoms with Gasteiger partial charge in [0.15, 0.2) is 0 Å². The smallest absolute Gasteiger partial charge is 0.323 e. The number of aromatic nitrogens is 7. The second-order valence-corrected chi connectivity index (χ2v) is 28.2. The zero-order chi connectivity index (χ0) is 66.0. The molecule has 8 heterocycles. The maximum absolute atomic E-state index is 14.4. The minimum Gasteiger partial charge on any atom is -0.481 e. The van der Waals surface area contributed by atoms with Crippen molar-refractivity contribution in [2.75, 3.05) is 32.1 Å². The number of nitrogens with zero attached hydrogens (tertiary/aromatic N) is 8. The molecule has 7 aromatic heterocycles. The third-order valence-corrected chi connectivity index (χ3v) is 21.1. The number of hydrogen-bond acceptors (Lipinski definition) is 23. The first-order chi connectivity index (χ1) is 44.7. The highest BCUT2D eigenvalue weighted by molar-refractivity contribution is 7.15. The summed E-state index contributed by atoms with van der Waals surface area (Å²) in [6.07, 6.45) is 1.67. The summed E-state index contributed by atoms with van der Waals surface area (Å²) in [5.74, 6) is -5.17. The van der Waals surface area contributed by atoms with Crippen LogP contribution in [0.5, 0.6) is 0 Å². The van der Waals surface area contributed by atoms with Gasteiger partial charge in [-0.25, -0.2) is 39.7 Å². The fraction of sp³-hybridized carbons (Fsp3) is 0.393. The van der Waals surface area contributed by atoms with Crippen LogP contribution in [0.4, 0.5) is 10.6 Å². The molecule has 1 saturated carbocycles. The van der Waals surface area contributed by atoms with Crippen molar-refractivity contribution >= 4 is 121 Å². The van der Waals surface area contributed by atoms with Gasteiger partial charge >= 0.3 is 18.0 Å². The predicted octanol–water partition coefficient (Wildman–Crippen LogP) is 9.12. The first kappa shape index (κ1) is 67.5. The van der Waals surface area contributed by atoms with Crippen molar-refractivity contribution in [3.63, 3.8) is 0 Å². The van der Waals surface area contributed by atoms with Crippen LogP contribution >= 0.6 is 68.0 Å². The fourth-order valence-corrected chi connectivity index (χ4v) is 16.0. The number of thiazole rings is 6. The topological polar surface area (TPSA) is 372 Å². The van der Waals surface area contributed by atoms with Crippen molar-refractivity contribution in [1.82, 2.24) is 66.8 Å². The maximum atomic E-state index is 14.4. The number of carboxylic acids is 2. The van der Waals surface area contributed by atoms with Gasteiger partial charge < -0.3 is 52.0 Å². The number of aliphatic carboxylic acids is 2. The SMILES string of the molecule is CNC(=O)C[C@@H]1NC(=O)c2csc(n2)-c2ccc(-c3nc(N(CCCCCC(=O)O)C(=O)NC4CCC(C(=O)O)CC4)cs3)nc2-c2csc(n2)-c2csc(n2)[C@H]([C@@H](O)c2ccccc2)NC(=O)CNC(=O)c2nc(sc2COC)C(C(C)C)NC(=O)c2nc1sc2C. The molecule has 93 heavy (non-hydrogen) atoms. The van der Waals surface area contributed by atoms with Gasteiger partial charge in [-0.1, -0.05) is 50.6 Å². The summed E-state index contributed by atoms with van der Waals surface area (Å²) in [6.45, 7) is 5.12. The zero-order valence-electron chi connectivity index (χ0n) is 50.9. The third-order valence-electron chi connectivity index (χ3n) is 15.4. The standard InChI is InChI=1S/C61H66N14O12S6/c1-29(2)45-59-74-48(40(93-59)24-87-5)52(82)63-23-43(77)71-49(50(80)31-12-8-6-9-13-31)58-69-39(27-90-58)56-67-37(25-89-56)47-34(54-68-38(26-88-54)51(81)66-36(22-42(76)62-4)57-73-46(30(3)92-57)53(83)72-45)19-20-35(65-47)55-70-41(28-91-55)75(21-11-7-10-14-44(78)79)61(86)64-33-17-15-32(16-18-33)60(84)85/h6,8-9,12-13,19-20,25-29,32-33,36,45,49-50,80H,7,10-11,14-18,21-24H2,1-5H3,(H,62,76)(H,63,82)(H,64,86)(H,66,81)(H,71,77)(H,72,83)(H,78,79)(H,84,85)/t32?,33?,36-,45?,49-,50-/m0/s1. The van der Waals surface area contributed by atoms with Gasteiger partial charge in [0.25, 0.3) is 17.7 Å². The van der Waals surface area contributed by atoms with Crippen LogP contribution in [0, 0.1) is 18.8 Å². The van der Waals surface area contributed by atoms with Gasteiger partial charge in [-0.3, -0.25) is 38.5 Å². The highest BCUT2D eigenvalue weighted by atomic mass is 32.1. The minimum atomic E-state index is -1.30. The van der Waals surface area contributed by atoms with E-state index in [1.165, 1.54) is 53.1 Å². The van der Waals surface area contributed by atoms with Gasteiger partial charge in [0.1, 0.15) is 82.2 Å². The van der Waals surface area contributed by atoms with Gasteiger partial charge in [-0.2, -0.15) is 0 Å². The number of unbranched alkanes of at least 4 members (excludes halogenated alkanes) is 2. The molecule has 8 aromatic rings. The molecule has 1 fully saturated rings. The molecule has 1 aliphatic carbocycles. The van der Waals surface area contributed by atoms with E-state index < -0.39 is 84.2 Å². The molecule has 9 N–H and O–H groups in total. The van der Waals surface area contributed by atoms with Crippen LogP contribution in [0.3, 0.4) is 0 Å². The van der Waals surface area contributed by atoms with Gasteiger partial charge in [0.2, 0.25) is 11.8 Å². The summed E-state index contributed by atoms with van der Waals surface area (Å²) in [5.41, 5.74) is 2.48. The molecule has 1 aromatic carbocycles. The second kappa shape index (κ2) is 30.6. The number of hydrogen-bond donors (Lipinski definition) is 9. The van der Waals surface area contributed by atoms with Crippen molar-refractivity contribution in [2.45, 2.75) is 115 Å². The summed E-state index contributed by atoms with van der Waals surface area (Å²) < 4.78 is 5.46. The Morgan fingerprint density at radius 3 is 2.13 bits per heavy atom. The molecule has 10 rings (SSSR count). The molecule has 26 nitrogen and oxygen atoms in total. The molecule has 7 amide bonds. The Morgan fingerprint density at radius 2 is 1.40 bits per heavy atom. The van der Waals surface area contributed by atoms with E-state index in [-0.39, 0.29) is 60.0 Å². The number of carbonyl (C=O) groups excluding carboxylic acids is 6. The zero-order valence-corrected chi connectivity index (χ0v) is 55.8. The molecular formula is C61H66N14O12S6. The summed E-state index contributed by atoms with van der Waals surface area (Å²) in [4.78, 5) is 144. The largest absolute Gasteiger partial charge is 0.481 e. The van der Waals surface area contributed by atoms with E-state index in [0.717, 1.165) is 34.0 Å². The van der Waals surface area contributed by atoms with Crippen molar-refractivity contribution in [2.24, 2.45) is 11.8 Å². The lowest BCUT2D eigenvalue weighted by Gasteiger charge is -2.29. The summed E-state index contributed by atoms with van der Waals surface area (Å²) in [6, 6.07) is 8.68. The summed E-state index contributed by atoms with van der Waals surface area (Å²) in [5, 5.41) is 57.1. The number of benzene rings is 1. The third kappa shape index (κ3) is 16.3. The first-order valence-corrected chi connectivity index (χ1v) is 34.9. The van der Waals surface area contributed by atoms with Gasteiger partial charge in [0, 0.05) is 65.1 Å². The normalized spacial score (nSPS) is 18.3. The lowest BCUT2D eigenvalue weighted by atomic mass is 9.86. The molecule has 0 saturated heterocycles. The molecule has 1 unspecified atom stereocenters. The number of pyridine rings is 1. The van der Waals surface area contributed by atoms with Crippen LogP contribution in [-0.2, 0) is 30.5 Å². The molecule has 2 aliphatic rings. The Hall–Kier alpha value is -8.37. The molecule has 32 heteroatoms. The van der Waals surface area contributed by atoms with Crippen LogP contribution in [0.2, 0.25) is 0 Å². The first-order valence-electron chi connectivity index (χ1n) is 29.7. The average molecular weight is 1380 g/mol. The Kier molecular flexibility index (Phi) is 22.2. The van der Waals surface area contributed by atoms with E-state index in [0.29, 0.717) is 119 Å². The molecule has 0 spiro atoms. The van der Waals surface area contributed by atoms with E-state index in [1.54, 1.807) is 70.9 Å². The number of nitrogens with one attached hydrogen (secondary N) is 6. The number of rotatable bonds is 17. The molecule has 1 aliphatic heterocycles. The number of ether oxygens (including phenoxy) is 1. The Balaban J connectivity index is 1.03.